The van der Waals surface area contributed by atoms with Crippen molar-refractivity contribution in [2.75, 3.05) is 0 Å². The van der Waals surface area contributed by atoms with E-state index in [0.29, 0.717) is 21.9 Å². The van der Waals surface area contributed by atoms with E-state index in [0.717, 1.165) is 4.47 Å². The number of hydrogen-bond donors (Lipinski definition) is 1. The Bertz CT molecular complexity index is 938. The largest absolute Gasteiger partial charge is 0.453 e. The number of pyridine rings is 1. The molecule has 3 aromatic rings. The van der Waals surface area contributed by atoms with Gasteiger partial charge in [0.15, 0.2) is 11.6 Å². The Morgan fingerprint density at radius 1 is 1.23 bits per heavy atom. The molecule has 0 aliphatic carbocycles. The van der Waals surface area contributed by atoms with Gasteiger partial charge in [-0.3, -0.25) is 9.78 Å². The number of benzene rings is 2. The Hall–Kier alpha value is -2.44. The van der Waals surface area contributed by atoms with Crippen LogP contribution >= 0.6 is 27.5 Å². The first kappa shape index (κ1) is 18.4. The van der Waals surface area contributed by atoms with E-state index in [9.17, 15) is 9.18 Å². The van der Waals surface area contributed by atoms with Gasteiger partial charge >= 0.3 is 0 Å². The maximum absolute atomic E-state index is 14.2. The summed E-state index contributed by atoms with van der Waals surface area (Å²) >= 11 is 9.33. The van der Waals surface area contributed by atoms with Gasteiger partial charge in [0, 0.05) is 17.2 Å². The van der Waals surface area contributed by atoms with Gasteiger partial charge in [-0.2, -0.15) is 0 Å². The fourth-order valence-electron chi connectivity index (χ4n) is 2.22. The number of halogens is 3. The second-order valence-corrected chi connectivity index (χ2v) is 6.69. The molecule has 1 N–H and O–H groups in total. The molecule has 4 nitrogen and oxygen atoms in total. The van der Waals surface area contributed by atoms with Gasteiger partial charge in [-0.25, -0.2) is 4.39 Å². The molecule has 0 fully saturated rings. The molecule has 1 aromatic heterocycles. The van der Waals surface area contributed by atoms with E-state index >= 15 is 0 Å². The third-order valence-electron chi connectivity index (χ3n) is 3.48. The lowest BCUT2D eigenvalue weighted by Crippen LogP contribution is -2.23. The number of aromatic nitrogens is 1. The van der Waals surface area contributed by atoms with Crippen LogP contribution in [-0.2, 0) is 6.54 Å². The summed E-state index contributed by atoms with van der Waals surface area (Å²) in [7, 11) is 0. The molecule has 0 atom stereocenters. The summed E-state index contributed by atoms with van der Waals surface area (Å²) in [5.74, 6) is -0.339. The summed E-state index contributed by atoms with van der Waals surface area (Å²) < 4.78 is 20.4. The Morgan fingerprint density at radius 2 is 2.08 bits per heavy atom. The number of nitrogens with zero attached hydrogens (tertiary/aromatic N) is 1. The average molecular weight is 436 g/mol. The molecular formula is C19H13BrClFN2O2. The Balaban J connectivity index is 1.66. The average Bonchev–Trinajstić information content (AvgIpc) is 2.64. The summed E-state index contributed by atoms with van der Waals surface area (Å²) in [6, 6.07) is 12.9. The Kier molecular flexibility index (Phi) is 5.85. The van der Waals surface area contributed by atoms with E-state index in [-0.39, 0.29) is 18.2 Å². The normalized spacial score (nSPS) is 10.4. The minimum absolute atomic E-state index is 0.0862. The van der Waals surface area contributed by atoms with Crippen LogP contribution in [0.2, 0.25) is 5.02 Å². The first-order valence-corrected chi connectivity index (χ1v) is 8.79. The van der Waals surface area contributed by atoms with E-state index in [1.807, 2.05) is 0 Å². The zero-order chi connectivity index (χ0) is 18.5. The monoisotopic (exact) mass is 434 g/mol. The van der Waals surface area contributed by atoms with Crippen molar-refractivity contribution in [3.05, 3.63) is 87.4 Å². The highest BCUT2D eigenvalue weighted by atomic mass is 79.9. The van der Waals surface area contributed by atoms with Gasteiger partial charge in [-0.15, -0.1) is 0 Å². The number of ether oxygens (including phenoxy) is 1. The third-order valence-corrected chi connectivity index (χ3v) is 4.31. The minimum atomic E-state index is -0.527. The van der Waals surface area contributed by atoms with Crippen LogP contribution in [0.4, 0.5) is 4.39 Å². The molecule has 0 radical (unpaired) electrons. The van der Waals surface area contributed by atoms with Crippen molar-refractivity contribution in [1.82, 2.24) is 10.3 Å². The van der Waals surface area contributed by atoms with Gasteiger partial charge in [0.25, 0.3) is 5.91 Å². The number of rotatable bonds is 5. The van der Waals surface area contributed by atoms with Crippen LogP contribution in [0.5, 0.6) is 11.5 Å². The summed E-state index contributed by atoms with van der Waals surface area (Å²) in [6.07, 6.45) is 3.10. The number of carbonyl (C=O) groups is 1. The van der Waals surface area contributed by atoms with Gasteiger partial charge in [-0.1, -0.05) is 33.6 Å². The molecule has 0 aliphatic heterocycles. The Morgan fingerprint density at radius 3 is 2.81 bits per heavy atom. The molecule has 26 heavy (non-hydrogen) atoms. The fraction of sp³-hybridized carbons (Fsp3) is 0.0526. The molecule has 3 rings (SSSR count). The topological polar surface area (TPSA) is 51.2 Å². The van der Waals surface area contributed by atoms with Crippen molar-refractivity contribution < 1.29 is 13.9 Å². The van der Waals surface area contributed by atoms with Crippen LogP contribution in [0.15, 0.2) is 65.4 Å². The van der Waals surface area contributed by atoms with Gasteiger partial charge in [0.1, 0.15) is 5.75 Å². The van der Waals surface area contributed by atoms with Crippen molar-refractivity contribution >= 4 is 33.4 Å². The van der Waals surface area contributed by atoms with E-state index in [2.05, 4.69) is 26.2 Å². The highest BCUT2D eigenvalue weighted by Crippen LogP contribution is 2.25. The lowest BCUT2D eigenvalue weighted by Gasteiger charge is -2.10. The molecule has 1 amide bonds. The molecule has 0 saturated carbocycles. The molecule has 0 saturated heterocycles. The van der Waals surface area contributed by atoms with Crippen LogP contribution in [0.1, 0.15) is 15.9 Å². The first-order chi connectivity index (χ1) is 12.5. The molecule has 7 heteroatoms. The minimum Gasteiger partial charge on any atom is -0.453 e. The van der Waals surface area contributed by atoms with Gasteiger partial charge < -0.3 is 10.1 Å². The number of amides is 1. The lowest BCUT2D eigenvalue weighted by atomic mass is 10.2. The molecule has 0 bridgehead atoms. The lowest BCUT2D eigenvalue weighted by molar-refractivity contribution is 0.0951. The van der Waals surface area contributed by atoms with E-state index < -0.39 is 5.82 Å². The maximum atomic E-state index is 14.2. The zero-order valence-corrected chi connectivity index (χ0v) is 15.7. The molecule has 0 unspecified atom stereocenters. The SMILES string of the molecule is O=C(NCc1ccc(Oc2cccnc2)c(F)c1)c1cc(Br)ccc1Cl. The molecular weight excluding hydrogens is 423 g/mol. The maximum Gasteiger partial charge on any atom is 0.253 e. The zero-order valence-electron chi connectivity index (χ0n) is 13.4. The first-order valence-electron chi connectivity index (χ1n) is 7.62. The van der Waals surface area contributed by atoms with E-state index in [1.54, 1.807) is 42.6 Å². The second-order valence-electron chi connectivity index (χ2n) is 5.36. The van der Waals surface area contributed by atoms with Crippen LogP contribution in [-0.4, -0.2) is 10.9 Å². The van der Waals surface area contributed by atoms with Crippen LogP contribution in [0.3, 0.4) is 0 Å². The number of nitrogens with one attached hydrogen (secondary N) is 1. The highest BCUT2D eigenvalue weighted by Gasteiger charge is 2.12. The molecule has 132 valence electrons. The van der Waals surface area contributed by atoms with Gasteiger partial charge in [0.05, 0.1) is 16.8 Å². The smallest absolute Gasteiger partial charge is 0.253 e. The number of carbonyl (C=O) groups excluding carboxylic acids is 1. The molecule has 0 spiro atoms. The number of hydrogen-bond acceptors (Lipinski definition) is 3. The van der Waals surface area contributed by atoms with Crippen molar-refractivity contribution in [3.63, 3.8) is 0 Å². The Labute approximate surface area is 163 Å². The summed E-state index contributed by atoms with van der Waals surface area (Å²) in [4.78, 5) is 16.2. The van der Waals surface area contributed by atoms with Crippen molar-refractivity contribution in [3.8, 4) is 11.5 Å². The van der Waals surface area contributed by atoms with Gasteiger partial charge in [-0.05, 0) is 48.0 Å². The van der Waals surface area contributed by atoms with Crippen molar-refractivity contribution in [2.45, 2.75) is 6.54 Å². The molecule has 1 heterocycles. The van der Waals surface area contributed by atoms with Gasteiger partial charge in [0.2, 0.25) is 0 Å². The predicted molar refractivity (Wildman–Crippen MR) is 101 cm³/mol. The quantitative estimate of drug-likeness (QED) is 0.587. The molecule has 0 aliphatic rings. The summed E-state index contributed by atoms with van der Waals surface area (Å²) in [6.45, 7) is 0.159. The van der Waals surface area contributed by atoms with Crippen molar-refractivity contribution in [1.29, 1.82) is 0 Å². The van der Waals surface area contributed by atoms with Crippen LogP contribution in [0.25, 0.3) is 0 Å². The highest BCUT2D eigenvalue weighted by molar-refractivity contribution is 9.10. The predicted octanol–water partition coefficient (Wildman–Crippen LogP) is 5.36. The summed E-state index contributed by atoms with van der Waals surface area (Å²) in [5.41, 5.74) is 0.943. The third kappa shape index (κ3) is 4.59. The standard InChI is InChI=1S/C19H13BrClFN2O2/c20-13-4-5-16(21)15(9-13)19(25)24-10-12-3-6-18(17(22)8-12)26-14-2-1-7-23-11-14/h1-9,11H,10H2,(H,24,25). The second kappa shape index (κ2) is 8.29. The van der Waals surface area contributed by atoms with Crippen LogP contribution < -0.4 is 10.1 Å². The van der Waals surface area contributed by atoms with E-state index in [4.69, 9.17) is 16.3 Å². The fourth-order valence-corrected chi connectivity index (χ4v) is 2.79. The van der Waals surface area contributed by atoms with Crippen molar-refractivity contribution in [2.24, 2.45) is 0 Å². The summed E-state index contributed by atoms with van der Waals surface area (Å²) in [5, 5.41) is 3.06. The molecule has 2 aromatic carbocycles. The van der Waals surface area contributed by atoms with Crippen LogP contribution in [0, 0.1) is 5.82 Å². The van der Waals surface area contributed by atoms with E-state index in [1.165, 1.54) is 18.3 Å².